The van der Waals surface area contributed by atoms with Crippen molar-refractivity contribution in [3.63, 3.8) is 0 Å². The summed E-state index contributed by atoms with van der Waals surface area (Å²) in [7, 11) is 1.57. The molecular weight excluding hydrogens is 444 g/mol. The summed E-state index contributed by atoms with van der Waals surface area (Å²) in [6.45, 7) is 2.09. The van der Waals surface area contributed by atoms with Crippen LogP contribution < -0.4 is 14.8 Å². The number of nitrogens with zero attached hydrogens (tertiary/aromatic N) is 3. The lowest BCUT2D eigenvalue weighted by Gasteiger charge is -2.13. The fourth-order valence-electron chi connectivity index (χ4n) is 3.74. The molecule has 0 fully saturated rings. The van der Waals surface area contributed by atoms with E-state index in [2.05, 4.69) is 20.4 Å². The van der Waals surface area contributed by atoms with Gasteiger partial charge in [-0.3, -0.25) is 9.78 Å². The summed E-state index contributed by atoms with van der Waals surface area (Å²) in [6, 6.07) is 20.3. The summed E-state index contributed by atoms with van der Waals surface area (Å²) in [5, 5.41) is 7.54. The van der Waals surface area contributed by atoms with Gasteiger partial charge in [0.25, 0.3) is 11.6 Å². The largest absolute Gasteiger partial charge is 0.493 e. The van der Waals surface area contributed by atoms with Gasteiger partial charge in [-0.25, -0.2) is 4.98 Å². The number of ether oxygens (including phenoxy) is 2. The van der Waals surface area contributed by atoms with Crippen molar-refractivity contribution in [2.24, 2.45) is 0 Å². The molecule has 0 aliphatic carbocycles. The number of hydrogen-bond acceptors (Lipinski definition) is 7. The maximum absolute atomic E-state index is 13.4. The van der Waals surface area contributed by atoms with Crippen molar-refractivity contribution in [3.05, 3.63) is 95.9 Å². The number of rotatable bonds is 7. The van der Waals surface area contributed by atoms with Crippen LogP contribution in [0.1, 0.15) is 21.6 Å². The van der Waals surface area contributed by atoms with Crippen molar-refractivity contribution in [1.29, 1.82) is 0 Å². The molecule has 5 rings (SSSR count). The molecule has 3 aromatic heterocycles. The second-order valence-corrected chi connectivity index (χ2v) is 7.84. The molecule has 0 bridgehead atoms. The molecule has 1 amide bonds. The number of nitrogens with one attached hydrogen (secondary N) is 1. The third-order valence-electron chi connectivity index (χ3n) is 5.47. The summed E-state index contributed by atoms with van der Waals surface area (Å²) >= 11 is 0. The minimum absolute atomic E-state index is 0.309. The molecule has 1 N–H and O–H groups in total. The first-order chi connectivity index (χ1) is 17.1. The van der Waals surface area contributed by atoms with Gasteiger partial charge in [0.2, 0.25) is 0 Å². The van der Waals surface area contributed by atoms with Crippen molar-refractivity contribution in [2.45, 2.75) is 13.5 Å². The van der Waals surface area contributed by atoms with Crippen LogP contribution in [-0.2, 0) is 6.61 Å². The van der Waals surface area contributed by atoms with Crippen LogP contribution in [0.2, 0.25) is 0 Å². The average molecular weight is 466 g/mol. The molecular formula is C27H22N4O4. The van der Waals surface area contributed by atoms with Crippen LogP contribution in [0, 0.1) is 6.92 Å². The third kappa shape index (κ3) is 4.67. The Kier molecular flexibility index (Phi) is 6.09. The molecule has 8 heteroatoms. The summed E-state index contributed by atoms with van der Waals surface area (Å²) in [4.78, 5) is 22.1. The first-order valence-corrected chi connectivity index (χ1v) is 11.0. The van der Waals surface area contributed by atoms with E-state index in [1.54, 1.807) is 50.7 Å². The number of carbonyl (C=O) groups excluding carboxylic acids is 1. The second-order valence-electron chi connectivity index (χ2n) is 7.84. The highest BCUT2D eigenvalue weighted by Gasteiger charge is 2.20. The number of aromatic nitrogens is 3. The van der Waals surface area contributed by atoms with E-state index in [0.29, 0.717) is 51.8 Å². The van der Waals surface area contributed by atoms with Crippen LogP contribution in [-0.4, -0.2) is 28.1 Å². The molecule has 0 saturated carbocycles. The third-order valence-corrected chi connectivity index (χ3v) is 5.47. The lowest BCUT2D eigenvalue weighted by atomic mass is 10.0. The van der Waals surface area contributed by atoms with E-state index in [0.717, 1.165) is 11.1 Å². The van der Waals surface area contributed by atoms with Gasteiger partial charge in [0.05, 0.1) is 29.4 Å². The Bertz CT molecular complexity index is 1480. The van der Waals surface area contributed by atoms with Crippen LogP contribution in [0.5, 0.6) is 11.5 Å². The van der Waals surface area contributed by atoms with Gasteiger partial charge in [0.1, 0.15) is 6.61 Å². The predicted octanol–water partition coefficient (Wildman–Crippen LogP) is 5.43. The first-order valence-electron chi connectivity index (χ1n) is 11.0. The molecule has 0 radical (unpaired) electrons. The summed E-state index contributed by atoms with van der Waals surface area (Å²) in [5.41, 5.74) is 4.28. The minimum Gasteiger partial charge on any atom is -0.493 e. The van der Waals surface area contributed by atoms with E-state index in [1.165, 1.54) is 0 Å². The molecule has 8 nitrogen and oxygen atoms in total. The number of methoxy groups -OCH3 is 1. The summed E-state index contributed by atoms with van der Waals surface area (Å²) < 4.78 is 16.8. The standard InChI is InChI=1S/C27H22N4O4/c1-17-25-21(14-22(30-27(25)35-31-17)19-8-4-3-5-9-19)26(32)29-20-10-11-23(33-2)24(13-20)34-16-18-7-6-12-28-15-18/h3-15H,16H2,1-2H3,(H,29,32). The molecule has 0 unspecified atom stereocenters. The van der Waals surface area contributed by atoms with Crippen LogP contribution in [0.25, 0.3) is 22.4 Å². The Hall–Kier alpha value is -4.72. The van der Waals surface area contributed by atoms with Crippen molar-refractivity contribution in [2.75, 3.05) is 12.4 Å². The molecule has 0 aliphatic heterocycles. The Morgan fingerprint density at radius 3 is 2.66 bits per heavy atom. The number of benzene rings is 2. The maximum atomic E-state index is 13.4. The number of anilines is 1. The van der Waals surface area contributed by atoms with Crippen LogP contribution in [0.4, 0.5) is 5.69 Å². The number of hydrogen-bond donors (Lipinski definition) is 1. The van der Waals surface area contributed by atoms with Gasteiger partial charge >= 0.3 is 0 Å². The molecule has 0 saturated heterocycles. The van der Waals surface area contributed by atoms with Gasteiger partial charge in [-0.1, -0.05) is 41.6 Å². The topological polar surface area (TPSA) is 99.4 Å². The van der Waals surface area contributed by atoms with E-state index < -0.39 is 0 Å². The van der Waals surface area contributed by atoms with Gasteiger partial charge in [0, 0.05) is 35.3 Å². The number of amides is 1. The van der Waals surface area contributed by atoms with Crippen LogP contribution in [0.15, 0.2) is 83.6 Å². The van der Waals surface area contributed by atoms with E-state index in [1.807, 2.05) is 42.5 Å². The quantitative estimate of drug-likeness (QED) is 0.341. The predicted molar refractivity (Wildman–Crippen MR) is 131 cm³/mol. The molecule has 0 spiro atoms. The number of fused-ring (bicyclic) bond motifs is 1. The number of aryl methyl sites for hydroxylation is 1. The van der Waals surface area contributed by atoms with E-state index in [9.17, 15) is 4.79 Å². The highest BCUT2D eigenvalue weighted by Crippen LogP contribution is 2.32. The van der Waals surface area contributed by atoms with Gasteiger partial charge in [-0.2, -0.15) is 0 Å². The second kappa shape index (κ2) is 9.64. The summed E-state index contributed by atoms with van der Waals surface area (Å²) in [5.74, 6) is 0.740. The highest BCUT2D eigenvalue weighted by atomic mass is 16.5. The van der Waals surface area contributed by atoms with Gasteiger partial charge in [-0.15, -0.1) is 0 Å². The Balaban J connectivity index is 1.45. The maximum Gasteiger partial charge on any atom is 0.259 e. The Morgan fingerprint density at radius 2 is 1.89 bits per heavy atom. The van der Waals surface area contributed by atoms with E-state index >= 15 is 0 Å². The SMILES string of the molecule is COc1ccc(NC(=O)c2cc(-c3ccccc3)nc3onc(C)c23)cc1OCc1cccnc1. The first kappa shape index (κ1) is 22.1. The molecule has 3 heterocycles. The molecule has 0 aliphatic rings. The smallest absolute Gasteiger partial charge is 0.259 e. The van der Waals surface area contributed by atoms with E-state index in [4.69, 9.17) is 14.0 Å². The van der Waals surface area contributed by atoms with E-state index in [-0.39, 0.29) is 5.91 Å². The molecule has 174 valence electrons. The van der Waals surface area contributed by atoms with Gasteiger partial charge < -0.3 is 19.3 Å². The van der Waals surface area contributed by atoms with Crippen molar-refractivity contribution >= 4 is 22.7 Å². The number of pyridine rings is 2. The van der Waals surface area contributed by atoms with Crippen molar-refractivity contribution in [1.82, 2.24) is 15.1 Å². The highest BCUT2D eigenvalue weighted by molar-refractivity contribution is 6.13. The van der Waals surface area contributed by atoms with Gasteiger partial charge in [0.15, 0.2) is 11.5 Å². The lowest BCUT2D eigenvalue weighted by molar-refractivity contribution is 0.102. The monoisotopic (exact) mass is 466 g/mol. The van der Waals surface area contributed by atoms with Crippen LogP contribution in [0.3, 0.4) is 0 Å². The zero-order valence-electron chi connectivity index (χ0n) is 19.2. The molecule has 5 aromatic rings. The number of carbonyl (C=O) groups is 1. The zero-order chi connectivity index (χ0) is 24.2. The Labute approximate surface area is 201 Å². The molecule has 35 heavy (non-hydrogen) atoms. The normalized spacial score (nSPS) is 10.8. The average Bonchev–Trinajstić information content (AvgIpc) is 3.28. The van der Waals surface area contributed by atoms with Gasteiger partial charge in [-0.05, 0) is 31.2 Å². The van der Waals surface area contributed by atoms with Crippen LogP contribution >= 0.6 is 0 Å². The Morgan fingerprint density at radius 1 is 1.03 bits per heavy atom. The fraction of sp³-hybridized carbons (Fsp3) is 0.111. The van der Waals surface area contributed by atoms with Crippen molar-refractivity contribution in [3.8, 4) is 22.8 Å². The lowest BCUT2D eigenvalue weighted by Crippen LogP contribution is -2.13. The van der Waals surface area contributed by atoms with Crippen molar-refractivity contribution < 1.29 is 18.8 Å². The minimum atomic E-state index is -0.316. The fourth-order valence-corrected chi connectivity index (χ4v) is 3.74. The summed E-state index contributed by atoms with van der Waals surface area (Å²) in [6.07, 6.45) is 3.44. The molecule has 0 atom stereocenters. The molecule has 2 aromatic carbocycles. The zero-order valence-corrected chi connectivity index (χ0v) is 19.2.